The van der Waals surface area contributed by atoms with E-state index in [4.69, 9.17) is 9.47 Å². The van der Waals surface area contributed by atoms with Crippen LogP contribution in [0.4, 0.5) is 5.82 Å². The third-order valence-electron chi connectivity index (χ3n) is 5.05. The molecule has 1 saturated heterocycles. The Morgan fingerprint density at radius 3 is 2.13 bits per heavy atom. The van der Waals surface area contributed by atoms with Crippen molar-refractivity contribution >= 4 is 17.7 Å². The highest BCUT2D eigenvalue weighted by atomic mass is 16.5. The van der Waals surface area contributed by atoms with Crippen LogP contribution in [-0.2, 0) is 4.74 Å². The average Bonchev–Trinajstić information content (AvgIpc) is 2.84. The van der Waals surface area contributed by atoms with Crippen LogP contribution < -0.4 is 9.64 Å². The van der Waals surface area contributed by atoms with Gasteiger partial charge in [-0.05, 0) is 30.3 Å². The first-order chi connectivity index (χ1) is 15.2. The van der Waals surface area contributed by atoms with Gasteiger partial charge < -0.3 is 19.3 Å². The number of nitrogens with zero attached hydrogens (tertiary/aromatic N) is 4. The number of methoxy groups -OCH3 is 1. The molecule has 0 N–H and O–H groups in total. The first-order valence-corrected chi connectivity index (χ1v) is 9.94. The first-order valence-electron chi connectivity index (χ1n) is 9.94. The van der Waals surface area contributed by atoms with Gasteiger partial charge in [0.05, 0.1) is 18.2 Å². The molecule has 1 aliphatic heterocycles. The van der Waals surface area contributed by atoms with Crippen LogP contribution in [0.5, 0.6) is 11.6 Å². The van der Waals surface area contributed by atoms with Crippen molar-refractivity contribution in [1.82, 2.24) is 15.1 Å². The molecule has 158 valence electrons. The van der Waals surface area contributed by atoms with E-state index in [1.807, 2.05) is 36.4 Å². The number of carbonyl (C=O) groups is 2. The SMILES string of the molecule is COC(=O)c1ccccc1C(=O)N1CCN(c2ccc(Oc3ccccc3)nn2)CC1. The third kappa shape index (κ3) is 4.63. The highest BCUT2D eigenvalue weighted by Crippen LogP contribution is 2.21. The fourth-order valence-electron chi connectivity index (χ4n) is 3.41. The monoisotopic (exact) mass is 418 g/mol. The quantitative estimate of drug-likeness (QED) is 0.589. The zero-order chi connectivity index (χ0) is 21.6. The lowest BCUT2D eigenvalue weighted by atomic mass is 10.1. The minimum absolute atomic E-state index is 0.182. The van der Waals surface area contributed by atoms with E-state index in [-0.39, 0.29) is 11.5 Å². The van der Waals surface area contributed by atoms with E-state index in [9.17, 15) is 9.59 Å². The number of benzene rings is 2. The molecule has 3 aromatic rings. The topological polar surface area (TPSA) is 84.9 Å². The van der Waals surface area contributed by atoms with Crippen molar-refractivity contribution in [1.29, 1.82) is 0 Å². The van der Waals surface area contributed by atoms with Crippen LogP contribution in [0.15, 0.2) is 66.7 Å². The van der Waals surface area contributed by atoms with Gasteiger partial charge in [-0.25, -0.2) is 4.79 Å². The van der Waals surface area contributed by atoms with Gasteiger partial charge in [0.2, 0.25) is 5.88 Å². The van der Waals surface area contributed by atoms with Crippen LogP contribution in [0.3, 0.4) is 0 Å². The molecule has 0 saturated carbocycles. The molecule has 8 heteroatoms. The zero-order valence-electron chi connectivity index (χ0n) is 17.1. The number of esters is 1. The summed E-state index contributed by atoms with van der Waals surface area (Å²) < 4.78 is 10.5. The van der Waals surface area contributed by atoms with E-state index in [2.05, 4.69) is 15.1 Å². The van der Waals surface area contributed by atoms with Crippen LogP contribution in [0, 0.1) is 0 Å². The average molecular weight is 418 g/mol. The predicted octanol–water partition coefficient (Wildman–Crippen LogP) is 3.02. The molecule has 0 unspecified atom stereocenters. The molecule has 0 bridgehead atoms. The summed E-state index contributed by atoms with van der Waals surface area (Å²) in [5.74, 6) is 1.14. The molecule has 0 aliphatic carbocycles. The summed E-state index contributed by atoms with van der Waals surface area (Å²) in [5.41, 5.74) is 0.627. The van der Waals surface area contributed by atoms with E-state index in [0.717, 1.165) is 5.82 Å². The van der Waals surface area contributed by atoms with Crippen LogP contribution in [0.25, 0.3) is 0 Å². The molecule has 8 nitrogen and oxygen atoms in total. The van der Waals surface area contributed by atoms with Gasteiger partial charge in [0.15, 0.2) is 5.82 Å². The Labute approximate surface area is 180 Å². The van der Waals surface area contributed by atoms with Gasteiger partial charge in [-0.3, -0.25) is 4.79 Å². The summed E-state index contributed by atoms with van der Waals surface area (Å²) in [6.07, 6.45) is 0. The van der Waals surface area contributed by atoms with Crippen molar-refractivity contribution in [3.8, 4) is 11.6 Å². The zero-order valence-corrected chi connectivity index (χ0v) is 17.1. The number of ether oxygens (including phenoxy) is 2. The lowest BCUT2D eigenvalue weighted by Crippen LogP contribution is -2.49. The van der Waals surface area contributed by atoms with Crippen molar-refractivity contribution in [3.05, 3.63) is 77.9 Å². The Bertz CT molecular complexity index is 1050. The van der Waals surface area contributed by atoms with Crippen LogP contribution in [0.2, 0.25) is 0 Å². The highest BCUT2D eigenvalue weighted by molar-refractivity contribution is 6.05. The number of rotatable bonds is 5. The summed E-state index contributed by atoms with van der Waals surface area (Å²) in [6, 6.07) is 19.7. The number of amides is 1. The van der Waals surface area contributed by atoms with Gasteiger partial charge >= 0.3 is 5.97 Å². The van der Waals surface area contributed by atoms with E-state index in [1.165, 1.54) is 7.11 Å². The van der Waals surface area contributed by atoms with Crippen molar-refractivity contribution in [2.75, 3.05) is 38.2 Å². The number of carbonyl (C=O) groups excluding carboxylic acids is 2. The van der Waals surface area contributed by atoms with Crippen molar-refractivity contribution < 1.29 is 19.1 Å². The molecular formula is C23H22N4O4. The lowest BCUT2D eigenvalue weighted by Gasteiger charge is -2.35. The Kier molecular flexibility index (Phi) is 6.07. The molecule has 1 aliphatic rings. The minimum Gasteiger partial charge on any atom is -0.465 e. The fourth-order valence-corrected chi connectivity index (χ4v) is 3.41. The number of hydrogen-bond acceptors (Lipinski definition) is 7. The Balaban J connectivity index is 1.38. The first kappa shape index (κ1) is 20.3. The summed E-state index contributed by atoms with van der Waals surface area (Å²) >= 11 is 0. The lowest BCUT2D eigenvalue weighted by molar-refractivity contribution is 0.0589. The Morgan fingerprint density at radius 1 is 0.806 bits per heavy atom. The van der Waals surface area contributed by atoms with E-state index < -0.39 is 5.97 Å². The molecule has 1 amide bonds. The van der Waals surface area contributed by atoms with Crippen LogP contribution in [0.1, 0.15) is 20.7 Å². The molecule has 0 radical (unpaired) electrons. The number of para-hydroxylation sites is 1. The molecule has 31 heavy (non-hydrogen) atoms. The maximum atomic E-state index is 13.0. The Hall–Kier alpha value is -3.94. The van der Waals surface area contributed by atoms with Gasteiger partial charge in [0.25, 0.3) is 5.91 Å². The second-order valence-electron chi connectivity index (χ2n) is 6.96. The van der Waals surface area contributed by atoms with Crippen LogP contribution in [-0.4, -0.2) is 60.3 Å². The third-order valence-corrected chi connectivity index (χ3v) is 5.05. The van der Waals surface area contributed by atoms with Gasteiger partial charge in [0.1, 0.15) is 5.75 Å². The van der Waals surface area contributed by atoms with Gasteiger partial charge in [0, 0.05) is 32.2 Å². The van der Waals surface area contributed by atoms with Gasteiger partial charge in [-0.15, -0.1) is 10.2 Å². The largest absolute Gasteiger partial charge is 0.465 e. The molecule has 2 aromatic carbocycles. The number of piperazine rings is 1. The smallest absolute Gasteiger partial charge is 0.338 e. The Morgan fingerprint density at radius 2 is 1.48 bits per heavy atom. The second-order valence-corrected chi connectivity index (χ2v) is 6.96. The van der Waals surface area contributed by atoms with Crippen molar-refractivity contribution in [3.63, 3.8) is 0 Å². The molecule has 2 heterocycles. The molecule has 1 aromatic heterocycles. The normalized spacial score (nSPS) is 13.6. The van der Waals surface area contributed by atoms with Gasteiger partial charge in [-0.1, -0.05) is 30.3 Å². The summed E-state index contributed by atoms with van der Waals surface area (Å²) in [6.45, 7) is 2.25. The highest BCUT2D eigenvalue weighted by Gasteiger charge is 2.26. The molecule has 0 atom stereocenters. The molecule has 0 spiro atoms. The maximum Gasteiger partial charge on any atom is 0.338 e. The predicted molar refractivity (Wildman–Crippen MR) is 114 cm³/mol. The van der Waals surface area contributed by atoms with E-state index in [0.29, 0.717) is 43.4 Å². The minimum atomic E-state index is -0.518. The van der Waals surface area contributed by atoms with E-state index >= 15 is 0 Å². The maximum absolute atomic E-state index is 13.0. The summed E-state index contributed by atoms with van der Waals surface area (Å²) in [5, 5.41) is 8.41. The van der Waals surface area contributed by atoms with Crippen LogP contribution >= 0.6 is 0 Å². The number of anilines is 1. The number of aromatic nitrogens is 2. The number of hydrogen-bond donors (Lipinski definition) is 0. The fraction of sp³-hybridized carbons (Fsp3) is 0.217. The summed E-state index contributed by atoms with van der Waals surface area (Å²) in [4.78, 5) is 28.7. The standard InChI is InChI=1S/C23H22N4O4/c1-30-23(29)19-10-6-5-9-18(19)22(28)27-15-13-26(14-16-27)20-11-12-21(25-24-20)31-17-7-3-2-4-8-17/h2-12H,13-16H2,1H3. The van der Waals surface area contributed by atoms with Crippen molar-refractivity contribution in [2.45, 2.75) is 0 Å². The van der Waals surface area contributed by atoms with E-state index in [1.54, 1.807) is 35.2 Å². The summed E-state index contributed by atoms with van der Waals surface area (Å²) in [7, 11) is 1.31. The molecule has 4 rings (SSSR count). The van der Waals surface area contributed by atoms with Gasteiger partial charge in [-0.2, -0.15) is 0 Å². The molecule has 1 fully saturated rings. The second kappa shape index (κ2) is 9.25. The molecular weight excluding hydrogens is 396 g/mol. The van der Waals surface area contributed by atoms with Crippen molar-refractivity contribution in [2.24, 2.45) is 0 Å².